The molecule has 0 aromatic heterocycles. The number of aliphatic hydroxyl groups excluding tert-OH is 1. The van der Waals surface area contributed by atoms with Gasteiger partial charge >= 0.3 is 0 Å². The van der Waals surface area contributed by atoms with Crippen molar-refractivity contribution in [3.8, 4) is 0 Å². The lowest BCUT2D eigenvalue weighted by Crippen LogP contribution is -2.37. The van der Waals surface area contributed by atoms with E-state index in [2.05, 4.69) is 44.0 Å². The second kappa shape index (κ2) is 7.41. The maximum atomic E-state index is 11.3. The van der Waals surface area contributed by atoms with Gasteiger partial charge in [0.15, 0.2) is 5.69 Å². The van der Waals surface area contributed by atoms with Gasteiger partial charge in [0.05, 0.1) is 10.6 Å². The van der Waals surface area contributed by atoms with Gasteiger partial charge in [0.1, 0.15) is 6.10 Å². The lowest BCUT2D eigenvalue weighted by molar-refractivity contribution is -0.384. The van der Waals surface area contributed by atoms with Gasteiger partial charge in [-0.25, -0.2) is 0 Å². The minimum atomic E-state index is -0.925. The topological polar surface area (TPSA) is 88.1 Å². The smallest absolute Gasteiger partial charge is 0.298 e. The standard InChI is InChI=1S/C21H28ClN3O3/c1-19(2,3)14-11-21(7,20(4,5)6)12-16(18(14)26)24-23-15-9-8-13(22)10-17(15)25(27)28/h8-12,18,26H,1-7H3/b24-23+. The monoisotopic (exact) mass is 405 g/mol. The Kier molecular flexibility index (Phi) is 5.89. The average molecular weight is 406 g/mol. The first-order valence-corrected chi connectivity index (χ1v) is 9.53. The summed E-state index contributed by atoms with van der Waals surface area (Å²) in [5, 5.41) is 30.8. The van der Waals surface area contributed by atoms with Crippen LogP contribution in [0.2, 0.25) is 5.02 Å². The molecule has 2 rings (SSSR count). The summed E-state index contributed by atoms with van der Waals surface area (Å²) in [5.41, 5.74) is 0.333. The minimum Gasteiger partial charge on any atom is -0.382 e. The fraction of sp³-hybridized carbons (Fsp3) is 0.524. The molecule has 28 heavy (non-hydrogen) atoms. The van der Waals surface area contributed by atoms with Crippen LogP contribution in [0.25, 0.3) is 0 Å². The minimum absolute atomic E-state index is 0.0897. The van der Waals surface area contributed by atoms with Crippen molar-refractivity contribution in [2.75, 3.05) is 0 Å². The number of hydrogen-bond acceptors (Lipinski definition) is 5. The number of hydrogen-bond donors (Lipinski definition) is 1. The fourth-order valence-corrected chi connectivity index (χ4v) is 3.14. The number of rotatable bonds is 3. The number of allylic oxidation sites excluding steroid dienone is 2. The molecule has 0 spiro atoms. The number of benzene rings is 1. The second-order valence-electron chi connectivity index (χ2n) is 9.44. The van der Waals surface area contributed by atoms with Crippen LogP contribution in [0.1, 0.15) is 48.5 Å². The molecular formula is C21H28ClN3O3. The molecule has 0 saturated heterocycles. The number of nitro groups is 1. The molecule has 0 radical (unpaired) electrons. The molecule has 1 N–H and O–H groups in total. The Labute approximate surface area is 171 Å². The van der Waals surface area contributed by atoms with Crippen molar-refractivity contribution in [1.29, 1.82) is 0 Å². The summed E-state index contributed by atoms with van der Waals surface area (Å²) in [6.45, 7) is 14.6. The molecule has 0 saturated carbocycles. The summed E-state index contributed by atoms with van der Waals surface area (Å²) in [6, 6.07) is 4.21. The van der Waals surface area contributed by atoms with Crippen molar-refractivity contribution in [3.05, 3.63) is 56.8 Å². The van der Waals surface area contributed by atoms with E-state index < -0.39 is 11.0 Å². The van der Waals surface area contributed by atoms with Crippen molar-refractivity contribution in [2.24, 2.45) is 26.5 Å². The molecule has 6 nitrogen and oxygen atoms in total. The van der Waals surface area contributed by atoms with Crippen LogP contribution in [-0.2, 0) is 0 Å². The molecule has 0 amide bonds. The molecule has 0 aliphatic heterocycles. The van der Waals surface area contributed by atoms with Gasteiger partial charge in [0.25, 0.3) is 5.69 Å². The van der Waals surface area contributed by atoms with Crippen molar-refractivity contribution in [2.45, 2.75) is 54.6 Å². The molecule has 1 aromatic rings. The molecule has 1 aliphatic rings. The Hall–Kier alpha value is -2.05. The van der Waals surface area contributed by atoms with Crippen molar-refractivity contribution in [3.63, 3.8) is 0 Å². The number of nitrogens with zero attached hydrogens (tertiary/aromatic N) is 3. The van der Waals surface area contributed by atoms with Gasteiger partial charge in [-0.15, -0.1) is 5.11 Å². The highest BCUT2D eigenvalue weighted by Gasteiger charge is 2.41. The quantitative estimate of drug-likeness (QED) is 0.265. The third kappa shape index (κ3) is 4.50. The summed E-state index contributed by atoms with van der Waals surface area (Å²) < 4.78 is 0. The predicted octanol–water partition coefficient (Wildman–Crippen LogP) is 6.62. The van der Waals surface area contributed by atoms with Gasteiger partial charge in [-0.05, 0) is 34.6 Å². The summed E-state index contributed by atoms with van der Waals surface area (Å²) in [6.07, 6.45) is 3.09. The summed E-state index contributed by atoms with van der Waals surface area (Å²) in [7, 11) is 0. The molecule has 0 fully saturated rings. The van der Waals surface area contributed by atoms with Gasteiger partial charge in [-0.3, -0.25) is 10.1 Å². The van der Waals surface area contributed by atoms with Crippen LogP contribution in [0, 0.1) is 26.4 Å². The highest BCUT2D eigenvalue weighted by atomic mass is 35.5. The van der Waals surface area contributed by atoms with Gasteiger partial charge in [-0.1, -0.05) is 66.1 Å². The zero-order valence-electron chi connectivity index (χ0n) is 17.4. The lowest BCUT2D eigenvalue weighted by atomic mass is 9.62. The van der Waals surface area contributed by atoms with E-state index in [1.54, 1.807) is 0 Å². The van der Waals surface area contributed by atoms with Crippen LogP contribution in [0.3, 0.4) is 0 Å². The largest absolute Gasteiger partial charge is 0.382 e. The number of nitro benzene ring substituents is 1. The van der Waals surface area contributed by atoms with Gasteiger partial charge in [-0.2, -0.15) is 5.11 Å². The van der Waals surface area contributed by atoms with E-state index in [-0.39, 0.29) is 32.6 Å². The normalized spacial score (nSPS) is 23.5. The average Bonchev–Trinajstić information content (AvgIpc) is 2.54. The van der Waals surface area contributed by atoms with Gasteiger partial charge in [0, 0.05) is 16.5 Å². The summed E-state index contributed by atoms with van der Waals surface area (Å²) >= 11 is 5.85. The van der Waals surface area contributed by atoms with Crippen molar-refractivity contribution >= 4 is 23.0 Å². The zero-order chi connectivity index (χ0) is 21.5. The Morgan fingerprint density at radius 3 is 2.25 bits per heavy atom. The molecule has 152 valence electrons. The first-order valence-electron chi connectivity index (χ1n) is 9.15. The highest BCUT2D eigenvalue weighted by Crippen LogP contribution is 2.49. The van der Waals surface area contributed by atoms with E-state index in [1.807, 2.05) is 26.8 Å². The van der Waals surface area contributed by atoms with Gasteiger partial charge in [0.2, 0.25) is 0 Å². The molecule has 7 heteroatoms. The Morgan fingerprint density at radius 2 is 1.75 bits per heavy atom. The number of aliphatic hydroxyl groups is 1. The summed E-state index contributed by atoms with van der Waals surface area (Å²) in [4.78, 5) is 10.7. The van der Waals surface area contributed by atoms with Crippen molar-refractivity contribution in [1.82, 2.24) is 0 Å². The zero-order valence-corrected chi connectivity index (χ0v) is 18.2. The molecule has 2 unspecified atom stereocenters. The van der Waals surface area contributed by atoms with Crippen molar-refractivity contribution < 1.29 is 10.0 Å². The van der Waals surface area contributed by atoms with E-state index in [9.17, 15) is 15.2 Å². The molecular weight excluding hydrogens is 378 g/mol. The maximum absolute atomic E-state index is 11.3. The maximum Gasteiger partial charge on any atom is 0.298 e. The van der Waals surface area contributed by atoms with E-state index in [0.29, 0.717) is 5.70 Å². The van der Waals surface area contributed by atoms with Crippen LogP contribution in [0.4, 0.5) is 11.4 Å². The van der Waals surface area contributed by atoms with Crippen LogP contribution in [0.15, 0.2) is 51.8 Å². The van der Waals surface area contributed by atoms with Crippen LogP contribution >= 0.6 is 11.6 Å². The molecule has 2 atom stereocenters. The van der Waals surface area contributed by atoms with Crippen LogP contribution < -0.4 is 0 Å². The molecule has 0 heterocycles. The number of halogens is 1. The molecule has 0 bridgehead atoms. The lowest BCUT2D eigenvalue weighted by Gasteiger charge is -2.43. The Balaban J connectivity index is 2.56. The van der Waals surface area contributed by atoms with Crippen LogP contribution in [0.5, 0.6) is 0 Å². The van der Waals surface area contributed by atoms with Gasteiger partial charge < -0.3 is 5.11 Å². The third-order valence-electron chi connectivity index (χ3n) is 5.37. The first-order chi connectivity index (χ1) is 12.7. The summed E-state index contributed by atoms with van der Waals surface area (Å²) in [5.74, 6) is 0. The van der Waals surface area contributed by atoms with E-state index >= 15 is 0 Å². The number of azo groups is 1. The highest BCUT2D eigenvalue weighted by molar-refractivity contribution is 6.30. The van der Waals surface area contributed by atoms with E-state index in [4.69, 9.17) is 11.6 Å². The fourth-order valence-electron chi connectivity index (χ4n) is 2.97. The third-order valence-corrected chi connectivity index (χ3v) is 5.60. The van der Waals surface area contributed by atoms with E-state index in [1.165, 1.54) is 18.2 Å². The first kappa shape index (κ1) is 22.2. The molecule has 1 aliphatic carbocycles. The Morgan fingerprint density at radius 1 is 1.14 bits per heavy atom. The Bertz CT molecular complexity index is 876. The molecule has 1 aromatic carbocycles. The second-order valence-corrected chi connectivity index (χ2v) is 9.88. The van der Waals surface area contributed by atoms with E-state index in [0.717, 1.165) is 5.57 Å². The SMILES string of the molecule is CC(C)(C)C1=CC(C)(C(C)(C)C)C=C(/N=N/c2ccc(Cl)cc2[N+](=O)[O-])C1O. The predicted molar refractivity (Wildman–Crippen MR) is 112 cm³/mol. The van der Waals surface area contributed by atoms with Crippen LogP contribution in [-0.4, -0.2) is 16.1 Å².